The summed E-state index contributed by atoms with van der Waals surface area (Å²) in [6, 6.07) is 15.0. The number of aliphatic hydroxyl groups excluding tert-OH is 1. The van der Waals surface area contributed by atoms with Gasteiger partial charge < -0.3 is 19.9 Å². The van der Waals surface area contributed by atoms with E-state index in [1.165, 1.54) is 6.08 Å². The number of rotatable bonds is 6. The average molecular weight is 325 g/mol. The van der Waals surface area contributed by atoms with E-state index in [4.69, 9.17) is 9.47 Å². The van der Waals surface area contributed by atoms with Crippen LogP contribution in [-0.4, -0.2) is 24.4 Å². The molecule has 1 heterocycles. The van der Waals surface area contributed by atoms with Crippen molar-refractivity contribution in [3.05, 3.63) is 65.7 Å². The summed E-state index contributed by atoms with van der Waals surface area (Å²) in [6.07, 6.45) is 2.99. The summed E-state index contributed by atoms with van der Waals surface area (Å²) in [5, 5.41) is 13.0. The maximum atomic E-state index is 11.8. The van der Waals surface area contributed by atoms with Crippen molar-refractivity contribution in [2.45, 2.75) is 12.5 Å². The summed E-state index contributed by atoms with van der Waals surface area (Å²) in [4.78, 5) is 11.8. The van der Waals surface area contributed by atoms with Crippen LogP contribution in [0.4, 0.5) is 0 Å². The molecule has 1 atom stereocenters. The van der Waals surface area contributed by atoms with Crippen LogP contribution < -0.4 is 14.8 Å². The van der Waals surface area contributed by atoms with Gasteiger partial charge in [-0.15, -0.1) is 0 Å². The molecule has 0 radical (unpaired) electrons. The third-order valence-electron chi connectivity index (χ3n) is 3.73. The molecule has 1 amide bonds. The van der Waals surface area contributed by atoms with Gasteiger partial charge in [0.2, 0.25) is 12.7 Å². The first-order valence-electron chi connectivity index (χ1n) is 7.81. The number of benzene rings is 2. The number of amides is 1. The molecule has 1 aliphatic heterocycles. The first-order chi connectivity index (χ1) is 11.7. The minimum atomic E-state index is -0.669. The SMILES string of the molecule is O=C(/C=C/c1ccccc1)NCCC(O)c1ccc2c(c1)OCO2. The standard InChI is InChI=1S/C19H19NO4/c21-16(15-7-8-17-18(12-15)24-13-23-17)10-11-20-19(22)9-6-14-4-2-1-3-5-14/h1-9,12,16,21H,10-11,13H2,(H,20,22)/b9-6+. The van der Waals surface area contributed by atoms with Crippen LogP contribution in [0.1, 0.15) is 23.7 Å². The Hall–Kier alpha value is -2.79. The van der Waals surface area contributed by atoms with Crippen LogP contribution >= 0.6 is 0 Å². The van der Waals surface area contributed by atoms with Gasteiger partial charge in [-0.2, -0.15) is 0 Å². The summed E-state index contributed by atoms with van der Waals surface area (Å²) in [5.74, 6) is 1.14. The molecule has 0 spiro atoms. The second kappa shape index (κ2) is 7.66. The molecule has 0 saturated carbocycles. The normalized spacial score (nSPS) is 13.9. The van der Waals surface area contributed by atoms with Gasteiger partial charge in [0.1, 0.15) is 0 Å². The molecule has 2 aromatic rings. The number of hydrogen-bond acceptors (Lipinski definition) is 4. The Balaban J connectivity index is 1.45. The van der Waals surface area contributed by atoms with Crippen LogP contribution in [-0.2, 0) is 4.79 Å². The van der Waals surface area contributed by atoms with E-state index in [9.17, 15) is 9.90 Å². The van der Waals surface area contributed by atoms with E-state index < -0.39 is 6.10 Å². The molecule has 5 nitrogen and oxygen atoms in total. The molecule has 0 bridgehead atoms. The quantitative estimate of drug-likeness (QED) is 0.801. The Morgan fingerprint density at radius 3 is 2.79 bits per heavy atom. The number of nitrogens with one attached hydrogen (secondary N) is 1. The minimum absolute atomic E-state index is 0.184. The average Bonchev–Trinajstić information content (AvgIpc) is 3.08. The number of aliphatic hydroxyl groups is 1. The van der Waals surface area contributed by atoms with Gasteiger partial charge in [0.25, 0.3) is 0 Å². The zero-order valence-electron chi connectivity index (χ0n) is 13.1. The maximum Gasteiger partial charge on any atom is 0.244 e. The number of fused-ring (bicyclic) bond motifs is 1. The highest BCUT2D eigenvalue weighted by atomic mass is 16.7. The van der Waals surface area contributed by atoms with Crippen molar-refractivity contribution in [2.24, 2.45) is 0 Å². The van der Waals surface area contributed by atoms with Crippen molar-refractivity contribution in [1.82, 2.24) is 5.32 Å². The predicted molar refractivity (Wildman–Crippen MR) is 90.6 cm³/mol. The molecule has 124 valence electrons. The molecule has 2 aromatic carbocycles. The molecule has 1 aliphatic rings. The Morgan fingerprint density at radius 2 is 1.96 bits per heavy atom. The van der Waals surface area contributed by atoms with Gasteiger partial charge in [0.15, 0.2) is 11.5 Å². The van der Waals surface area contributed by atoms with E-state index in [1.807, 2.05) is 30.3 Å². The second-order valence-corrected chi connectivity index (χ2v) is 5.45. The van der Waals surface area contributed by atoms with E-state index in [-0.39, 0.29) is 12.7 Å². The van der Waals surface area contributed by atoms with Crippen LogP contribution in [0.25, 0.3) is 6.08 Å². The molecule has 1 unspecified atom stereocenters. The zero-order valence-corrected chi connectivity index (χ0v) is 13.1. The molecule has 0 aliphatic carbocycles. The number of hydrogen-bond donors (Lipinski definition) is 2. The lowest BCUT2D eigenvalue weighted by molar-refractivity contribution is -0.116. The van der Waals surface area contributed by atoms with Gasteiger partial charge in [-0.3, -0.25) is 4.79 Å². The first kappa shape index (κ1) is 16.1. The second-order valence-electron chi connectivity index (χ2n) is 5.45. The Bertz CT molecular complexity index is 727. The highest BCUT2D eigenvalue weighted by Crippen LogP contribution is 2.34. The minimum Gasteiger partial charge on any atom is -0.454 e. The van der Waals surface area contributed by atoms with Gasteiger partial charge in [-0.25, -0.2) is 0 Å². The molecule has 24 heavy (non-hydrogen) atoms. The van der Waals surface area contributed by atoms with Gasteiger partial charge in [-0.1, -0.05) is 36.4 Å². The molecule has 0 aromatic heterocycles. The fraction of sp³-hybridized carbons (Fsp3) is 0.211. The van der Waals surface area contributed by atoms with Crippen LogP contribution in [0.2, 0.25) is 0 Å². The van der Waals surface area contributed by atoms with Crippen LogP contribution in [0.15, 0.2) is 54.6 Å². The van der Waals surface area contributed by atoms with Gasteiger partial charge in [-0.05, 0) is 35.8 Å². The largest absolute Gasteiger partial charge is 0.454 e. The van der Waals surface area contributed by atoms with Gasteiger partial charge in [0, 0.05) is 12.6 Å². The van der Waals surface area contributed by atoms with Crippen molar-refractivity contribution in [1.29, 1.82) is 0 Å². The Labute approximate surface area is 140 Å². The Kier molecular flexibility index (Phi) is 5.13. The lowest BCUT2D eigenvalue weighted by atomic mass is 10.1. The highest BCUT2D eigenvalue weighted by Gasteiger charge is 2.16. The maximum absolute atomic E-state index is 11.8. The summed E-state index contributed by atoms with van der Waals surface area (Å²) >= 11 is 0. The van der Waals surface area contributed by atoms with Crippen molar-refractivity contribution >= 4 is 12.0 Å². The van der Waals surface area contributed by atoms with Gasteiger partial charge >= 0.3 is 0 Å². The summed E-state index contributed by atoms with van der Waals surface area (Å²) < 4.78 is 10.5. The highest BCUT2D eigenvalue weighted by molar-refractivity contribution is 5.91. The van der Waals surface area contributed by atoms with E-state index in [2.05, 4.69) is 5.32 Å². The van der Waals surface area contributed by atoms with E-state index in [1.54, 1.807) is 24.3 Å². The van der Waals surface area contributed by atoms with Crippen molar-refractivity contribution in [2.75, 3.05) is 13.3 Å². The molecular weight excluding hydrogens is 306 g/mol. The fourth-order valence-electron chi connectivity index (χ4n) is 2.41. The fourth-order valence-corrected chi connectivity index (χ4v) is 2.41. The third kappa shape index (κ3) is 4.14. The third-order valence-corrected chi connectivity index (χ3v) is 3.73. The van der Waals surface area contributed by atoms with Crippen molar-refractivity contribution in [3.63, 3.8) is 0 Å². The Morgan fingerprint density at radius 1 is 1.17 bits per heavy atom. The van der Waals surface area contributed by atoms with Crippen LogP contribution in [0.5, 0.6) is 11.5 Å². The number of carbonyl (C=O) groups is 1. The van der Waals surface area contributed by atoms with Crippen LogP contribution in [0.3, 0.4) is 0 Å². The van der Waals surface area contributed by atoms with E-state index >= 15 is 0 Å². The zero-order chi connectivity index (χ0) is 16.8. The molecule has 5 heteroatoms. The topological polar surface area (TPSA) is 67.8 Å². The lowest BCUT2D eigenvalue weighted by Gasteiger charge is -2.11. The number of ether oxygens (including phenoxy) is 2. The lowest BCUT2D eigenvalue weighted by Crippen LogP contribution is -2.23. The number of carbonyl (C=O) groups excluding carboxylic acids is 1. The molecule has 3 rings (SSSR count). The molecule has 0 saturated heterocycles. The molecule has 2 N–H and O–H groups in total. The first-order valence-corrected chi connectivity index (χ1v) is 7.81. The van der Waals surface area contributed by atoms with E-state index in [0.717, 1.165) is 11.1 Å². The predicted octanol–water partition coefficient (Wildman–Crippen LogP) is 2.67. The summed E-state index contributed by atoms with van der Waals surface area (Å²) in [6.45, 7) is 0.590. The summed E-state index contributed by atoms with van der Waals surface area (Å²) in [7, 11) is 0. The summed E-state index contributed by atoms with van der Waals surface area (Å²) in [5.41, 5.74) is 1.71. The monoisotopic (exact) mass is 325 g/mol. The van der Waals surface area contributed by atoms with E-state index in [0.29, 0.717) is 24.5 Å². The van der Waals surface area contributed by atoms with Gasteiger partial charge in [0.05, 0.1) is 6.10 Å². The van der Waals surface area contributed by atoms with Crippen molar-refractivity contribution < 1.29 is 19.4 Å². The molecule has 0 fully saturated rings. The smallest absolute Gasteiger partial charge is 0.244 e. The molecular formula is C19H19NO4. The van der Waals surface area contributed by atoms with Crippen molar-refractivity contribution in [3.8, 4) is 11.5 Å². The van der Waals surface area contributed by atoms with Crippen LogP contribution in [0, 0.1) is 0 Å².